The van der Waals surface area contributed by atoms with Gasteiger partial charge in [-0.25, -0.2) is 0 Å². The number of ketones is 1. The summed E-state index contributed by atoms with van der Waals surface area (Å²) in [5, 5.41) is 0. The van der Waals surface area contributed by atoms with Crippen molar-refractivity contribution in [1.82, 2.24) is 0 Å². The SMILES string of the molecule is CC(=O)C(Cc1ccccc1)C(N)=O. The molecule has 1 aromatic rings. The van der Waals surface area contributed by atoms with Gasteiger partial charge in [-0.2, -0.15) is 0 Å². The van der Waals surface area contributed by atoms with E-state index < -0.39 is 11.8 Å². The van der Waals surface area contributed by atoms with Crippen LogP contribution in [-0.2, 0) is 16.0 Å². The zero-order valence-electron chi connectivity index (χ0n) is 8.07. The molecular formula is C11H13NO2. The Morgan fingerprint density at radius 3 is 2.29 bits per heavy atom. The summed E-state index contributed by atoms with van der Waals surface area (Å²) in [5.41, 5.74) is 6.08. The highest BCUT2D eigenvalue weighted by atomic mass is 16.2. The minimum Gasteiger partial charge on any atom is -0.369 e. The maximum atomic E-state index is 11.1. The number of amides is 1. The lowest BCUT2D eigenvalue weighted by Gasteiger charge is -2.08. The fourth-order valence-electron chi connectivity index (χ4n) is 1.29. The highest BCUT2D eigenvalue weighted by Gasteiger charge is 2.20. The van der Waals surface area contributed by atoms with Crippen LogP contribution in [0.2, 0.25) is 0 Å². The molecule has 0 fully saturated rings. The normalized spacial score (nSPS) is 12.1. The molecule has 1 unspecified atom stereocenters. The summed E-state index contributed by atoms with van der Waals surface area (Å²) in [6, 6.07) is 9.37. The van der Waals surface area contributed by atoms with Gasteiger partial charge in [-0.15, -0.1) is 0 Å². The van der Waals surface area contributed by atoms with Crippen LogP contribution < -0.4 is 5.73 Å². The molecule has 0 aromatic heterocycles. The molecule has 1 amide bonds. The van der Waals surface area contributed by atoms with Crippen LogP contribution in [-0.4, -0.2) is 11.7 Å². The zero-order valence-corrected chi connectivity index (χ0v) is 8.07. The van der Waals surface area contributed by atoms with Crippen LogP contribution in [0.25, 0.3) is 0 Å². The first kappa shape index (κ1) is 10.4. The molecular weight excluding hydrogens is 178 g/mol. The van der Waals surface area contributed by atoms with E-state index in [9.17, 15) is 9.59 Å². The molecule has 0 radical (unpaired) electrons. The van der Waals surface area contributed by atoms with Crippen molar-refractivity contribution in [2.24, 2.45) is 11.7 Å². The Balaban J connectivity index is 2.75. The average Bonchev–Trinajstić information content (AvgIpc) is 2.15. The molecule has 0 bridgehead atoms. The van der Waals surface area contributed by atoms with Crippen molar-refractivity contribution in [3.63, 3.8) is 0 Å². The van der Waals surface area contributed by atoms with Crippen LogP contribution in [0.15, 0.2) is 30.3 Å². The summed E-state index contributed by atoms with van der Waals surface area (Å²) in [6.07, 6.45) is 0.394. The molecule has 0 spiro atoms. The van der Waals surface area contributed by atoms with E-state index in [0.717, 1.165) is 5.56 Å². The van der Waals surface area contributed by atoms with Crippen molar-refractivity contribution in [2.75, 3.05) is 0 Å². The lowest BCUT2D eigenvalue weighted by atomic mass is 9.95. The molecule has 0 saturated heterocycles. The quantitative estimate of drug-likeness (QED) is 0.719. The molecule has 0 saturated carbocycles. The van der Waals surface area contributed by atoms with Gasteiger partial charge < -0.3 is 5.73 Å². The molecule has 1 rings (SSSR count). The van der Waals surface area contributed by atoms with Gasteiger partial charge in [0, 0.05) is 0 Å². The van der Waals surface area contributed by atoms with E-state index in [2.05, 4.69) is 0 Å². The highest BCUT2D eigenvalue weighted by Crippen LogP contribution is 2.09. The fraction of sp³-hybridized carbons (Fsp3) is 0.273. The van der Waals surface area contributed by atoms with Crippen molar-refractivity contribution in [3.8, 4) is 0 Å². The van der Waals surface area contributed by atoms with Gasteiger partial charge in [0.2, 0.25) is 5.91 Å². The number of benzene rings is 1. The number of carbonyl (C=O) groups excluding carboxylic acids is 2. The van der Waals surface area contributed by atoms with Crippen LogP contribution in [0.1, 0.15) is 12.5 Å². The maximum absolute atomic E-state index is 11.1. The Labute approximate surface area is 82.9 Å². The van der Waals surface area contributed by atoms with E-state index in [1.54, 1.807) is 0 Å². The van der Waals surface area contributed by atoms with Gasteiger partial charge in [-0.1, -0.05) is 30.3 Å². The van der Waals surface area contributed by atoms with Crippen molar-refractivity contribution in [1.29, 1.82) is 0 Å². The van der Waals surface area contributed by atoms with Crippen LogP contribution in [0, 0.1) is 5.92 Å². The zero-order chi connectivity index (χ0) is 10.6. The first-order valence-corrected chi connectivity index (χ1v) is 4.45. The van der Waals surface area contributed by atoms with E-state index >= 15 is 0 Å². The number of carbonyl (C=O) groups is 2. The Hall–Kier alpha value is -1.64. The van der Waals surface area contributed by atoms with Gasteiger partial charge in [0.25, 0.3) is 0 Å². The van der Waals surface area contributed by atoms with Gasteiger partial charge >= 0.3 is 0 Å². The molecule has 2 N–H and O–H groups in total. The summed E-state index contributed by atoms with van der Waals surface area (Å²) < 4.78 is 0. The van der Waals surface area contributed by atoms with Crippen LogP contribution in [0.5, 0.6) is 0 Å². The van der Waals surface area contributed by atoms with Gasteiger partial charge in [-0.3, -0.25) is 9.59 Å². The molecule has 14 heavy (non-hydrogen) atoms. The van der Waals surface area contributed by atoms with E-state index in [4.69, 9.17) is 5.73 Å². The van der Waals surface area contributed by atoms with Crippen molar-refractivity contribution < 1.29 is 9.59 Å². The third kappa shape index (κ3) is 2.69. The summed E-state index contributed by atoms with van der Waals surface area (Å²) in [4.78, 5) is 22.0. The van der Waals surface area contributed by atoms with Crippen LogP contribution in [0.4, 0.5) is 0 Å². The van der Waals surface area contributed by atoms with E-state index in [1.165, 1.54) is 6.92 Å². The molecule has 0 aliphatic carbocycles. The standard InChI is InChI=1S/C11H13NO2/c1-8(13)10(11(12)14)7-9-5-3-2-4-6-9/h2-6,10H,7H2,1H3,(H2,12,14). The van der Waals surface area contributed by atoms with E-state index in [1.807, 2.05) is 30.3 Å². The Morgan fingerprint density at radius 2 is 1.86 bits per heavy atom. The van der Waals surface area contributed by atoms with Crippen LogP contribution in [0.3, 0.4) is 0 Å². The second-order valence-electron chi connectivity index (χ2n) is 3.26. The number of hydrogen-bond acceptors (Lipinski definition) is 2. The number of rotatable bonds is 4. The van der Waals surface area contributed by atoms with Gasteiger partial charge in [-0.05, 0) is 18.9 Å². The largest absolute Gasteiger partial charge is 0.369 e. The molecule has 3 nitrogen and oxygen atoms in total. The van der Waals surface area contributed by atoms with Crippen LogP contribution >= 0.6 is 0 Å². The monoisotopic (exact) mass is 191 g/mol. The minimum absolute atomic E-state index is 0.179. The molecule has 74 valence electrons. The lowest BCUT2D eigenvalue weighted by molar-refractivity contribution is -0.130. The average molecular weight is 191 g/mol. The van der Waals surface area contributed by atoms with Crippen molar-refractivity contribution in [3.05, 3.63) is 35.9 Å². The van der Waals surface area contributed by atoms with Crippen molar-refractivity contribution >= 4 is 11.7 Å². The summed E-state index contributed by atoms with van der Waals surface area (Å²) in [5.74, 6) is -1.43. The summed E-state index contributed by atoms with van der Waals surface area (Å²) >= 11 is 0. The number of nitrogens with two attached hydrogens (primary N) is 1. The van der Waals surface area contributed by atoms with E-state index in [-0.39, 0.29) is 5.78 Å². The maximum Gasteiger partial charge on any atom is 0.228 e. The Bertz CT molecular complexity index is 318. The molecule has 0 aliphatic heterocycles. The molecule has 1 aromatic carbocycles. The number of primary amides is 1. The second-order valence-corrected chi connectivity index (χ2v) is 3.26. The Morgan fingerprint density at radius 1 is 1.29 bits per heavy atom. The Kier molecular flexibility index (Phi) is 3.40. The van der Waals surface area contributed by atoms with E-state index in [0.29, 0.717) is 6.42 Å². The lowest BCUT2D eigenvalue weighted by Crippen LogP contribution is -2.30. The number of hydrogen-bond donors (Lipinski definition) is 1. The topological polar surface area (TPSA) is 60.2 Å². The minimum atomic E-state index is -0.697. The molecule has 0 heterocycles. The molecule has 1 atom stereocenters. The van der Waals surface area contributed by atoms with Crippen molar-refractivity contribution in [2.45, 2.75) is 13.3 Å². The van der Waals surface area contributed by atoms with Gasteiger partial charge in [0.15, 0.2) is 0 Å². The number of Topliss-reactive ketones (excluding diaryl/α,β-unsaturated/α-hetero) is 1. The second kappa shape index (κ2) is 4.56. The third-order valence-electron chi connectivity index (χ3n) is 2.12. The first-order valence-electron chi connectivity index (χ1n) is 4.45. The van der Waals surface area contributed by atoms with Gasteiger partial charge in [0.05, 0.1) is 5.92 Å². The highest BCUT2D eigenvalue weighted by molar-refractivity contribution is 5.99. The predicted octanol–water partition coefficient (Wildman–Crippen LogP) is 0.920. The first-order chi connectivity index (χ1) is 6.61. The molecule has 3 heteroatoms. The smallest absolute Gasteiger partial charge is 0.228 e. The summed E-state index contributed by atoms with van der Waals surface area (Å²) in [6.45, 7) is 1.39. The third-order valence-corrected chi connectivity index (χ3v) is 2.12. The van der Waals surface area contributed by atoms with Gasteiger partial charge in [0.1, 0.15) is 5.78 Å². The predicted molar refractivity (Wildman–Crippen MR) is 53.5 cm³/mol. The fourth-order valence-corrected chi connectivity index (χ4v) is 1.29. The summed E-state index contributed by atoms with van der Waals surface area (Å²) in [7, 11) is 0. The molecule has 0 aliphatic rings.